The fraction of sp³-hybridized carbons (Fsp3) is 0.304. The minimum absolute atomic E-state index is 0.0897. The Labute approximate surface area is 169 Å². The van der Waals surface area contributed by atoms with Gasteiger partial charge in [0.25, 0.3) is 0 Å². The van der Waals surface area contributed by atoms with Crippen molar-refractivity contribution in [3.05, 3.63) is 77.2 Å². The van der Waals surface area contributed by atoms with Gasteiger partial charge in [-0.05, 0) is 55.3 Å². The fourth-order valence-electron chi connectivity index (χ4n) is 3.65. The van der Waals surface area contributed by atoms with Crippen molar-refractivity contribution in [3.8, 4) is 11.3 Å². The molecule has 29 heavy (non-hydrogen) atoms. The first kappa shape index (κ1) is 19.5. The molecule has 4 rings (SSSR count). The SMILES string of the molecule is O=C(c1cccc(CCCN2CCOCC2)c1)c1cn[nH]c1-c1ccc(F)cc1. The van der Waals surface area contributed by atoms with Crippen LogP contribution in [0.2, 0.25) is 0 Å². The number of carbonyl (C=O) groups is 1. The highest BCUT2D eigenvalue weighted by Gasteiger charge is 2.17. The molecule has 0 spiro atoms. The Morgan fingerprint density at radius 2 is 1.93 bits per heavy atom. The molecule has 1 aromatic heterocycles. The summed E-state index contributed by atoms with van der Waals surface area (Å²) in [5.74, 6) is -0.404. The highest BCUT2D eigenvalue weighted by Crippen LogP contribution is 2.24. The van der Waals surface area contributed by atoms with Crippen LogP contribution in [0.15, 0.2) is 54.7 Å². The quantitative estimate of drug-likeness (QED) is 0.622. The Balaban J connectivity index is 1.45. The third-order valence-electron chi connectivity index (χ3n) is 5.25. The first-order chi connectivity index (χ1) is 14.2. The molecule has 0 radical (unpaired) electrons. The number of nitrogens with zero attached hydrogens (tertiary/aromatic N) is 2. The van der Waals surface area contributed by atoms with E-state index in [0.717, 1.165) is 56.8 Å². The molecule has 1 N–H and O–H groups in total. The highest BCUT2D eigenvalue weighted by molar-refractivity contribution is 6.12. The summed E-state index contributed by atoms with van der Waals surface area (Å²) < 4.78 is 18.6. The van der Waals surface area contributed by atoms with Crippen molar-refractivity contribution in [2.24, 2.45) is 0 Å². The maximum Gasteiger partial charge on any atom is 0.196 e. The number of halogens is 1. The van der Waals surface area contributed by atoms with Crippen LogP contribution in [0, 0.1) is 5.82 Å². The van der Waals surface area contributed by atoms with Gasteiger partial charge in [-0.3, -0.25) is 14.8 Å². The van der Waals surface area contributed by atoms with Gasteiger partial charge in [0.15, 0.2) is 5.78 Å². The van der Waals surface area contributed by atoms with Crippen molar-refractivity contribution >= 4 is 5.78 Å². The van der Waals surface area contributed by atoms with Crippen molar-refractivity contribution in [1.82, 2.24) is 15.1 Å². The van der Waals surface area contributed by atoms with E-state index in [-0.39, 0.29) is 11.6 Å². The maximum absolute atomic E-state index is 13.2. The number of hydrogen-bond acceptors (Lipinski definition) is 4. The lowest BCUT2D eigenvalue weighted by Gasteiger charge is -2.26. The number of morpholine rings is 1. The molecule has 1 aliphatic rings. The fourth-order valence-corrected chi connectivity index (χ4v) is 3.65. The van der Waals surface area contributed by atoms with Crippen LogP contribution in [-0.2, 0) is 11.2 Å². The molecular formula is C23H24FN3O2. The van der Waals surface area contributed by atoms with Crippen molar-refractivity contribution in [2.75, 3.05) is 32.8 Å². The lowest BCUT2D eigenvalue weighted by atomic mass is 9.98. The lowest BCUT2D eigenvalue weighted by Crippen LogP contribution is -2.36. The van der Waals surface area contributed by atoms with Crippen LogP contribution in [0.3, 0.4) is 0 Å². The lowest BCUT2D eigenvalue weighted by molar-refractivity contribution is 0.0374. The van der Waals surface area contributed by atoms with Gasteiger partial charge in [-0.25, -0.2) is 4.39 Å². The van der Waals surface area contributed by atoms with Crippen LogP contribution in [0.1, 0.15) is 27.9 Å². The Morgan fingerprint density at radius 3 is 2.72 bits per heavy atom. The molecule has 3 aromatic rings. The second-order valence-electron chi connectivity index (χ2n) is 7.25. The van der Waals surface area contributed by atoms with Gasteiger partial charge in [-0.15, -0.1) is 0 Å². The summed E-state index contributed by atoms with van der Waals surface area (Å²) in [6.07, 6.45) is 3.50. The molecule has 0 bridgehead atoms. The first-order valence-corrected chi connectivity index (χ1v) is 9.94. The number of nitrogens with one attached hydrogen (secondary N) is 1. The molecule has 0 unspecified atom stereocenters. The number of H-pyrrole nitrogens is 1. The Morgan fingerprint density at radius 1 is 1.14 bits per heavy atom. The highest BCUT2D eigenvalue weighted by atomic mass is 19.1. The van der Waals surface area contributed by atoms with Crippen LogP contribution in [-0.4, -0.2) is 53.7 Å². The van der Waals surface area contributed by atoms with Crippen molar-refractivity contribution in [1.29, 1.82) is 0 Å². The molecule has 0 amide bonds. The van der Waals surface area contributed by atoms with Crippen molar-refractivity contribution in [3.63, 3.8) is 0 Å². The molecule has 6 heteroatoms. The van der Waals surface area contributed by atoms with E-state index in [0.29, 0.717) is 16.8 Å². The molecular weight excluding hydrogens is 369 g/mol. The van der Waals surface area contributed by atoms with Crippen LogP contribution in [0.5, 0.6) is 0 Å². The van der Waals surface area contributed by atoms with Gasteiger partial charge in [-0.2, -0.15) is 5.10 Å². The molecule has 0 saturated carbocycles. The number of rotatable bonds is 7. The van der Waals surface area contributed by atoms with E-state index >= 15 is 0 Å². The third-order valence-corrected chi connectivity index (χ3v) is 5.25. The van der Waals surface area contributed by atoms with Crippen molar-refractivity contribution < 1.29 is 13.9 Å². The van der Waals surface area contributed by atoms with Gasteiger partial charge in [0.05, 0.1) is 30.7 Å². The average Bonchev–Trinajstić information content (AvgIpc) is 3.25. The number of benzene rings is 2. The van der Waals surface area contributed by atoms with Gasteiger partial charge in [0.1, 0.15) is 5.82 Å². The monoisotopic (exact) mass is 393 g/mol. The minimum atomic E-state index is -0.314. The molecule has 1 fully saturated rings. The molecule has 0 atom stereocenters. The summed E-state index contributed by atoms with van der Waals surface area (Å²) in [6, 6.07) is 13.8. The summed E-state index contributed by atoms with van der Waals surface area (Å²) in [5.41, 5.74) is 3.61. The summed E-state index contributed by atoms with van der Waals surface area (Å²) >= 11 is 0. The number of hydrogen-bond donors (Lipinski definition) is 1. The summed E-state index contributed by atoms with van der Waals surface area (Å²) in [4.78, 5) is 15.5. The van der Waals surface area contributed by atoms with E-state index in [1.165, 1.54) is 18.3 Å². The second-order valence-corrected chi connectivity index (χ2v) is 7.25. The molecule has 2 aromatic carbocycles. The third kappa shape index (κ3) is 4.78. The zero-order valence-corrected chi connectivity index (χ0v) is 16.2. The van der Waals surface area contributed by atoms with Crippen LogP contribution < -0.4 is 0 Å². The number of aryl methyl sites for hydroxylation is 1. The van der Waals surface area contributed by atoms with Crippen LogP contribution in [0.4, 0.5) is 4.39 Å². The molecule has 1 saturated heterocycles. The van der Waals surface area contributed by atoms with Gasteiger partial charge >= 0.3 is 0 Å². The second kappa shape index (κ2) is 9.11. The number of carbonyl (C=O) groups excluding carboxylic acids is 1. The maximum atomic E-state index is 13.2. The Kier molecular flexibility index (Phi) is 6.12. The molecule has 0 aliphatic carbocycles. The van der Waals surface area contributed by atoms with E-state index in [2.05, 4.69) is 21.2 Å². The standard InChI is InChI=1S/C23H24FN3O2/c24-20-8-6-18(7-9-20)22-21(16-25-26-22)23(28)19-5-1-3-17(15-19)4-2-10-27-11-13-29-14-12-27/h1,3,5-9,15-16H,2,4,10-14H2,(H,25,26). The van der Waals surface area contributed by atoms with Gasteiger partial charge in [-0.1, -0.05) is 18.2 Å². The predicted molar refractivity (Wildman–Crippen MR) is 109 cm³/mol. The van der Waals surface area contributed by atoms with Crippen LogP contribution >= 0.6 is 0 Å². The van der Waals surface area contributed by atoms with E-state index < -0.39 is 0 Å². The summed E-state index contributed by atoms with van der Waals surface area (Å²) in [5, 5.41) is 6.90. The smallest absolute Gasteiger partial charge is 0.196 e. The Bertz CT molecular complexity index is 962. The normalized spacial score (nSPS) is 14.8. The minimum Gasteiger partial charge on any atom is -0.379 e. The Hall–Kier alpha value is -2.83. The van der Waals surface area contributed by atoms with E-state index in [1.807, 2.05) is 18.2 Å². The van der Waals surface area contributed by atoms with E-state index in [1.54, 1.807) is 12.1 Å². The van der Waals surface area contributed by atoms with E-state index in [4.69, 9.17) is 4.74 Å². The van der Waals surface area contributed by atoms with Gasteiger partial charge in [0, 0.05) is 24.2 Å². The molecule has 1 aliphatic heterocycles. The topological polar surface area (TPSA) is 58.2 Å². The average molecular weight is 393 g/mol. The molecule has 5 nitrogen and oxygen atoms in total. The van der Waals surface area contributed by atoms with Gasteiger partial charge < -0.3 is 4.74 Å². The summed E-state index contributed by atoms with van der Waals surface area (Å²) in [7, 11) is 0. The number of ketones is 1. The van der Waals surface area contributed by atoms with Gasteiger partial charge in [0.2, 0.25) is 0 Å². The number of ether oxygens (including phenoxy) is 1. The van der Waals surface area contributed by atoms with Crippen LogP contribution in [0.25, 0.3) is 11.3 Å². The predicted octanol–water partition coefficient (Wildman–Crippen LogP) is 3.71. The zero-order chi connectivity index (χ0) is 20.1. The van der Waals surface area contributed by atoms with E-state index in [9.17, 15) is 9.18 Å². The van der Waals surface area contributed by atoms with Crippen molar-refractivity contribution in [2.45, 2.75) is 12.8 Å². The number of aromatic amines is 1. The summed E-state index contributed by atoms with van der Waals surface area (Å²) in [6.45, 7) is 4.64. The molecule has 2 heterocycles. The molecule has 150 valence electrons. The number of aromatic nitrogens is 2. The zero-order valence-electron chi connectivity index (χ0n) is 16.2. The largest absolute Gasteiger partial charge is 0.379 e. The first-order valence-electron chi connectivity index (χ1n) is 9.94.